The van der Waals surface area contributed by atoms with Gasteiger partial charge in [0.25, 0.3) is 5.91 Å². The number of benzene rings is 2. The first-order valence-electron chi connectivity index (χ1n) is 9.90. The van der Waals surface area contributed by atoms with Crippen LogP contribution in [0.4, 0.5) is 11.6 Å². The van der Waals surface area contributed by atoms with Crippen molar-refractivity contribution in [2.45, 2.75) is 19.8 Å². The lowest BCUT2D eigenvalue weighted by atomic mass is 10.0. The number of amides is 1. The quantitative estimate of drug-likeness (QED) is 0.683. The summed E-state index contributed by atoms with van der Waals surface area (Å²) in [5.74, 6) is 2.21. The number of carbonyl (C=O) groups is 1. The monoisotopic (exact) mass is 388 g/mol. The third kappa shape index (κ3) is 4.71. The highest BCUT2D eigenvalue weighted by Crippen LogP contribution is 2.29. The average molecular weight is 388 g/mol. The smallest absolute Gasteiger partial charge is 0.274 e. The van der Waals surface area contributed by atoms with Crippen molar-refractivity contribution in [2.75, 3.05) is 23.3 Å². The fourth-order valence-corrected chi connectivity index (χ4v) is 3.46. The molecule has 1 saturated heterocycles. The maximum Gasteiger partial charge on any atom is 0.274 e. The Morgan fingerprint density at radius 3 is 2.72 bits per heavy atom. The average Bonchev–Trinajstić information content (AvgIpc) is 2.76. The highest BCUT2D eigenvalue weighted by Gasteiger charge is 2.20. The summed E-state index contributed by atoms with van der Waals surface area (Å²) in [7, 11) is 0. The van der Waals surface area contributed by atoms with Crippen molar-refractivity contribution in [1.82, 2.24) is 9.97 Å². The third-order valence-corrected chi connectivity index (χ3v) is 4.92. The highest BCUT2D eigenvalue weighted by atomic mass is 16.5. The Balaban J connectivity index is 1.51. The van der Waals surface area contributed by atoms with Gasteiger partial charge in [-0.1, -0.05) is 37.3 Å². The fraction of sp³-hybridized carbons (Fsp3) is 0.261. The molecule has 1 aliphatic rings. The van der Waals surface area contributed by atoms with Crippen LogP contribution in [0.5, 0.6) is 11.5 Å². The van der Waals surface area contributed by atoms with E-state index in [-0.39, 0.29) is 5.91 Å². The second-order valence-electron chi connectivity index (χ2n) is 7.30. The number of ether oxygens (including phenoxy) is 1. The zero-order valence-corrected chi connectivity index (χ0v) is 16.4. The molecule has 0 spiro atoms. The standard InChI is InChI=1S/C23H24N4O2/c1-17-8-7-15-27(16-17)23-24-14-13-20(26-23)22(28)25-19-11-5-6-12-21(19)29-18-9-3-2-4-10-18/h2-6,9-14,17H,7-8,15-16H2,1H3,(H,25,28). The second kappa shape index (κ2) is 8.73. The summed E-state index contributed by atoms with van der Waals surface area (Å²) >= 11 is 0. The van der Waals surface area contributed by atoms with Crippen molar-refractivity contribution >= 4 is 17.5 Å². The summed E-state index contributed by atoms with van der Waals surface area (Å²) in [6.07, 6.45) is 3.98. The van der Waals surface area contributed by atoms with Crippen molar-refractivity contribution in [3.05, 3.63) is 72.6 Å². The maximum atomic E-state index is 12.8. The maximum absolute atomic E-state index is 12.8. The molecule has 0 saturated carbocycles. The lowest BCUT2D eigenvalue weighted by Gasteiger charge is -2.30. The molecule has 2 aromatic carbocycles. The Kier molecular flexibility index (Phi) is 5.70. The number of carbonyl (C=O) groups excluding carboxylic acids is 1. The SMILES string of the molecule is CC1CCCN(c2nccc(C(=O)Nc3ccccc3Oc3ccccc3)n2)C1. The van der Waals surface area contributed by atoms with Crippen LogP contribution in [0.2, 0.25) is 0 Å². The number of aromatic nitrogens is 2. The number of nitrogens with zero attached hydrogens (tertiary/aromatic N) is 3. The van der Waals surface area contributed by atoms with Crippen LogP contribution < -0.4 is 15.0 Å². The fourth-order valence-electron chi connectivity index (χ4n) is 3.46. The van der Waals surface area contributed by atoms with Crippen LogP contribution in [-0.2, 0) is 0 Å². The first kappa shape index (κ1) is 18.9. The van der Waals surface area contributed by atoms with Crippen molar-refractivity contribution in [3.8, 4) is 11.5 Å². The van der Waals surface area contributed by atoms with Crippen LogP contribution in [-0.4, -0.2) is 29.0 Å². The highest BCUT2D eigenvalue weighted by molar-refractivity contribution is 6.03. The molecule has 29 heavy (non-hydrogen) atoms. The summed E-state index contributed by atoms with van der Waals surface area (Å²) in [6, 6.07) is 18.5. The van der Waals surface area contributed by atoms with Crippen molar-refractivity contribution in [1.29, 1.82) is 0 Å². The third-order valence-electron chi connectivity index (χ3n) is 4.92. The number of nitrogens with one attached hydrogen (secondary N) is 1. The van der Waals surface area contributed by atoms with E-state index in [1.54, 1.807) is 12.3 Å². The van der Waals surface area contributed by atoms with E-state index in [0.29, 0.717) is 34.7 Å². The molecule has 4 rings (SSSR count). The summed E-state index contributed by atoms with van der Waals surface area (Å²) in [6.45, 7) is 4.06. The Morgan fingerprint density at radius 1 is 1.10 bits per heavy atom. The zero-order valence-electron chi connectivity index (χ0n) is 16.4. The lowest BCUT2D eigenvalue weighted by molar-refractivity contribution is 0.102. The molecule has 0 bridgehead atoms. The molecule has 0 aliphatic carbocycles. The van der Waals surface area contributed by atoms with Crippen LogP contribution in [0.15, 0.2) is 66.9 Å². The van der Waals surface area contributed by atoms with Crippen LogP contribution in [0, 0.1) is 5.92 Å². The summed E-state index contributed by atoms with van der Waals surface area (Å²) in [5, 5.41) is 2.91. The van der Waals surface area contributed by atoms with E-state index in [4.69, 9.17) is 4.74 Å². The molecule has 1 amide bonds. The van der Waals surface area contributed by atoms with Gasteiger partial charge in [-0.25, -0.2) is 9.97 Å². The van der Waals surface area contributed by atoms with E-state index in [1.807, 2.05) is 54.6 Å². The second-order valence-corrected chi connectivity index (χ2v) is 7.30. The summed E-state index contributed by atoms with van der Waals surface area (Å²) in [5.41, 5.74) is 0.927. The first-order valence-corrected chi connectivity index (χ1v) is 9.90. The van der Waals surface area contributed by atoms with Gasteiger partial charge in [0.15, 0.2) is 5.75 Å². The predicted molar refractivity (Wildman–Crippen MR) is 114 cm³/mol. The van der Waals surface area contributed by atoms with Crippen LogP contribution in [0.3, 0.4) is 0 Å². The molecule has 1 fully saturated rings. The molecule has 6 nitrogen and oxygen atoms in total. The van der Waals surface area contributed by atoms with Crippen molar-refractivity contribution in [2.24, 2.45) is 5.92 Å². The van der Waals surface area contributed by atoms with E-state index in [2.05, 4.69) is 27.1 Å². The van der Waals surface area contributed by atoms with Crippen molar-refractivity contribution in [3.63, 3.8) is 0 Å². The number of anilines is 2. The van der Waals surface area contributed by atoms with E-state index < -0.39 is 0 Å². The Morgan fingerprint density at radius 2 is 1.90 bits per heavy atom. The molecule has 1 aromatic heterocycles. The lowest BCUT2D eigenvalue weighted by Crippen LogP contribution is -2.35. The van der Waals surface area contributed by atoms with Crippen molar-refractivity contribution < 1.29 is 9.53 Å². The first-order chi connectivity index (χ1) is 14.2. The molecule has 3 aromatic rings. The van der Waals surface area contributed by atoms with Gasteiger partial charge in [-0.3, -0.25) is 4.79 Å². The van der Waals surface area contributed by atoms with E-state index in [9.17, 15) is 4.79 Å². The molecular weight excluding hydrogens is 364 g/mol. The van der Waals surface area contributed by atoms with Gasteiger partial charge in [-0.15, -0.1) is 0 Å². The molecule has 1 atom stereocenters. The van der Waals surface area contributed by atoms with E-state index in [0.717, 1.165) is 19.5 Å². The molecule has 1 unspecified atom stereocenters. The topological polar surface area (TPSA) is 67.4 Å². The summed E-state index contributed by atoms with van der Waals surface area (Å²) < 4.78 is 5.92. The molecule has 1 aliphatic heterocycles. The van der Waals surface area contributed by atoms with Gasteiger partial charge >= 0.3 is 0 Å². The normalized spacial score (nSPS) is 16.3. The van der Waals surface area contributed by atoms with E-state index >= 15 is 0 Å². The summed E-state index contributed by atoms with van der Waals surface area (Å²) in [4.78, 5) is 23.9. The molecule has 6 heteroatoms. The van der Waals surface area contributed by atoms with Gasteiger partial charge in [0.2, 0.25) is 5.95 Å². The Hall–Kier alpha value is -3.41. The van der Waals surface area contributed by atoms with Crippen LogP contribution in [0.1, 0.15) is 30.3 Å². The Labute approximate surface area is 170 Å². The molecule has 148 valence electrons. The van der Waals surface area contributed by atoms with Gasteiger partial charge in [0.1, 0.15) is 11.4 Å². The van der Waals surface area contributed by atoms with Gasteiger partial charge in [0.05, 0.1) is 5.69 Å². The number of piperidine rings is 1. The predicted octanol–water partition coefficient (Wildman–Crippen LogP) is 4.76. The number of hydrogen-bond donors (Lipinski definition) is 1. The largest absolute Gasteiger partial charge is 0.455 e. The van der Waals surface area contributed by atoms with Gasteiger partial charge in [0, 0.05) is 19.3 Å². The molecule has 0 radical (unpaired) electrons. The molecular formula is C23H24N4O2. The Bertz CT molecular complexity index is 977. The van der Waals surface area contributed by atoms with E-state index in [1.165, 1.54) is 6.42 Å². The number of hydrogen-bond acceptors (Lipinski definition) is 5. The minimum absolute atomic E-state index is 0.289. The minimum atomic E-state index is -0.289. The van der Waals surface area contributed by atoms with Crippen LogP contribution in [0.25, 0.3) is 0 Å². The molecule has 1 N–H and O–H groups in total. The zero-order chi connectivity index (χ0) is 20.1. The van der Waals surface area contributed by atoms with Gasteiger partial charge < -0.3 is 15.0 Å². The van der Waals surface area contributed by atoms with Crippen LogP contribution >= 0.6 is 0 Å². The number of rotatable bonds is 5. The molecule has 2 heterocycles. The van der Waals surface area contributed by atoms with Gasteiger partial charge in [-0.2, -0.15) is 0 Å². The number of para-hydroxylation sites is 3. The van der Waals surface area contributed by atoms with Gasteiger partial charge in [-0.05, 0) is 49.1 Å². The minimum Gasteiger partial charge on any atom is -0.455 e.